The first kappa shape index (κ1) is 18.5. The van der Waals surface area contributed by atoms with Crippen molar-refractivity contribution in [3.63, 3.8) is 0 Å². The van der Waals surface area contributed by atoms with Gasteiger partial charge in [0, 0.05) is 12.1 Å². The molecule has 4 rings (SSSR count). The fourth-order valence-electron chi connectivity index (χ4n) is 2.89. The Morgan fingerprint density at radius 3 is 2.38 bits per heavy atom. The Hall–Kier alpha value is -3.86. The molecule has 5 heteroatoms. The lowest BCUT2D eigenvalue weighted by atomic mass is 10.1. The Morgan fingerprint density at radius 2 is 1.59 bits per heavy atom. The summed E-state index contributed by atoms with van der Waals surface area (Å²) in [6.45, 7) is 0.664. The molecule has 5 nitrogen and oxygen atoms in total. The normalized spacial score (nSPS) is 10.5. The first-order valence-corrected chi connectivity index (χ1v) is 9.33. The van der Waals surface area contributed by atoms with Gasteiger partial charge in [-0.2, -0.15) is 0 Å². The molecule has 0 atom stereocenters. The number of para-hydroxylation sites is 1. The maximum Gasteiger partial charge on any atom is 0.255 e. The Bertz CT molecular complexity index is 1080. The minimum absolute atomic E-state index is 0.186. The smallest absolute Gasteiger partial charge is 0.255 e. The maximum absolute atomic E-state index is 12.6. The van der Waals surface area contributed by atoms with Gasteiger partial charge in [0.2, 0.25) is 5.89 Å². The molecule has 4 aromatic rings. The molecular weight excluding hydrogens is 364 g/mol. The summed E-state index contributed by atoms with van der Waals surface area (Å²) in [5.74, 6) is 0.856. The number of rotatable bonds is 7. The maximum atomic E-state index is 12.6. The topological polar surface area (TPSA) is 64.4 Å². The summed E-state index contributed by atoms with van der Waals surface area (Å²) in [6, 6.07) is 26.6. The van der Waals surface area contributed by atoms with Gasteiger partial charge in [0.25, 0.3) is 5.91 Å². The molecule has 144 valence electrons. The molecule has 0 saturated heterocycles. The average Bonchev–Trinajstić information content (AvgIpc) is 3.27. The molecule has 0 aliphatic heterocycles. The van der Waals surface area contributed by atoms with Gasteiger partial charge >= 0.3 is 0 Å². The molecule has 0 radical (unpaired) electrons. The third-order valence-corrected chi connectivity index (χ3v) is 4.38. The number of aromatic nitrogens is 1. The molecule has 3 aromatic carbocycles. The van der Waals surface area contributed by atoms with E-state index in [2.05, 4.69) is 10.3 Å². The van der Waals surface area contributed by atoms with E-state index in [1.807, 2.05) is 72.8 Å². The van der Waals surface area contributed by atoms with Crippen LogP contribution in [0.1, 0.15) is 21.6 Å². The summed E-state index contributed by atoms with van der Waals surface area (Å²) in [7, 11) is 0. The third-order valence-electron chi connectivity index (χ3n) is 4.38. The van der Waals surface area contributed by atoms with Gasteiger partial charge in [0.15, 0.2) is 0 Å². The molecule has 0 spiro atoms. The van der Waals surface area contributed by atoms with Crippen molar-refractivity contribution in [3.8, 4) is 17.2 Å². The zero-order valence-electron chi connectivity index (χ0n) is 15.7. The van der Waals surface area contributed by atoms with E-state index in [1.54, 1.807) is 18.4 Å². The van der Waals surface area contributed by atoms with Crippen molar-refractivity contribution in [2.75, 3.05) is 0 Å². The van der Waals surface area contributed by atoms with E-state index < -0.39 is 0 Å². The number of nitrogens with zero attached hydrogens (tertiary/aromatic N) is 1. The first-order valence-electron chi connectivity index (χ1n) is 9.33. The van der Waals surface area contributed by atoms with E-state index in [9.17, 15) is 4.79 Å². The highest BCUT2D eigenvalue weighted by molar-refractivity contribution is 5.96. The quantitative estimate of drug-likeness (QED) is 0.495. The van der Waals surface area contributed by atoms with Gasteiger partial charge in [-0.05, 0) is 29.8 Å². The lowest BCUT2D eigenvalue weighted by Gasteiger charge is -2.11. The van der Waals surface area contributed by atoms with E-state index in [-0.39, 0.29) is 12.5 Å². The van der Waals surface area contributed by atoms with E-state index >= 15 is 0 Å². The van der Waals surface area contributed by atoms with E-state index in [1.165, 1.54) is 0 Å². The van der Waals surface area contributed by atoms with Crippen LogP contribution >= 0.6 is 0 Å². The molecule has 0 bridgehead atoms. The van der Waals surface area contributed by atoms with Crippen LogP contribution in [0.2, 0.25) is 0 Å². The molecule has 0 unspecified atom stereocenters. The second kappa shape index (κ2) is 8.89. The van der Waals surface area contributed by atoms with Crippen LogP contribution in [0.25, 0.3) is 11.5 Å². The fraction of sp³-hybridized carbons (Fsp3) is 0.0833. The lowest BCUT2D eigenvalue weighted by molar-refractivity contribution is 0.0946. The average molecular weight is 384 g/mol. The van der Waals surface area contributed by atoms with Crippen LogP contribution in [0.3, 0.4) is 0 Å². The summed E-state index contributed by atoms with van der Waals surface area (Å²) in [4.78, 5) is 17.1. The highest BCUT2D eigenvalue weighted by atomic mass is 16.5. The van der Waals surface area contributed by atoms with Gasteiger partial charge in [0.05, 0.1) is 5.56 Å². The molecule has 0 aliphatic rings. The predicted octanol–water partition coefficient (Wildman–Crippen LogP) is 4.85. The van der Waals surface area contributed by atoms with Crippen molar-refractivity contribution in [1.29, 1.82) is 0 Å². The van der Waals surface area contributed by atoms with Crippen LogP contribution in [-0.2, 0) is 13.2 Å². The van der Waals surface area contributed by atoms with Crippen molar-refractivity contribution in [3.05, 3.63) is 108 Å². The number of carbonyl (C=O) groups excluding carboxylic acids is 1. The minimum atomic E-state index is -0.186. The number of carbonyl (C=O) groups is 1. The number of oxazole rings is 1. The standard InChI is InChI=1S/C24H20N2O3/c27-23(25-15-18-9-3-1-4-10-18)21-13-7-8-14-22(21)28-16-20-17-29-24(26-20)19-11-5-2-6-12-19/h1-14,17H,15-16H2,(H,25,27). The molecule has 1 amide bonds. The van der Waals surface area contributed by atoms with Crippen molar-refractivity contribution in [1.82, 2.24) is 10.3 Å². The number of hydrogen-bond acceptors (Lipinski definition) is 4. The van der Waals surface area contributed by atoms with E-state index in [0.29, 0.717) is 29.4 Å². The van der Waals surface area contributed by atoms with Crippen LogP contribution < -0.4 is 10.1 Å². The van der Waals surface area contributed by atoms with Crippen molar-refractivity contribution >= 4 is 5.91 Å². The van der Waals surface area contributed by atoms with Gasteiger partial charge in [0.1, 0.15) is 24.3 Å². The Morgan fingerprint density at radius 1 is 0.897 bits per heavy atom. The molecular formula is C24H20N2O3. The third kappa shape index (κ3) is 4.71. The Labute approximate surface area is 169 Å². The zero-order valence-corrected chi connectivity index (χ0v) is 15.7. The van der Waals surface area contributed by atoms with Crippen LogP contribution in [0.15, 0.2) is 95.6 Å². The number of nitrogens with one attached hydrogen (secondary N) is 1. The molecule has 1 heterocycles. The predicted molar refractivity (Wildman–Crippen MR) is 110 cm³/mol. The second-order valence-electron chi connectivity index (χ2n) is 6.46. The van der Waals surface area contributed by atoms with Gasteiger partial charge in [-0.25, -0.2) is 4.98 Å². The monoisotopic (exact) mass is 384 g/mol. The highest BCUT2D eigenvalue weighted by Gasteiger charge is 2.13. The molecule has 0 aliphatic carbocycles. The first-order chi connectivity index (χ1) is 14.3. The van der Waals surface area contributed by atoms with Gasteiger partial charge in [-0.15, -0.1) is 0 Å². The minimum Gasteiger partial charge on any atom is -0.486 e. The van der Waals surface area contributed by atoms with Crippen LogP contribution in [0.5, 0.6) is 5.75 Å². The molecule has 1 N–H and O–H groups in total. The lowest BCUT2D eigenvalue weighted by Crippen LogP contribution is -2.23. The summed E-state index contributed by atoms with van der Waals surface area (Å²) in [5.41, 5.74) is 3.08. The fourth-order valence-corrected chi connectivity index (χ4v) is 2.89. The van der Waals surface area contributed by atoms with Gasteiger partial charge in [-0.3, -0.25) is 4.79 Å². The van der Waals surface area contributed by atoms with Crippen molar-refractivity contribution in [2.24, 2.45) is 0 Å². The number of hydrogen-bond donors (Lipinski definition) is 1. The SMILES string of the molecule is O=C(NCc1ccccc1)c1ccccc1OCc1coc(-c2ccccc2)n1. The summed E-state index contributed by atoms with van der Waals surface area (Å²) in [6.07, 6.45) is 1.57. The Kier molecular flexibility index (Phi) is 5.67. The summed E-state index contributed by atoms with van der Waals surface area (Å²) in [5, 5.41) is 2.93. The highest BCUT2D eigenvalue weighted by Crippen LogP contribution is 2.21. The van der Waals surface area contributed by atoms with E-state index in [4.69, 9.17) is 9.15 Å². The molecule has 0 fully saturated rings. The largest absolute Gasteiger partial charge is 0.486 e. The number of ether oxygens (including phenoxy) is 1. The molecule has 1 aromatic heterocycles. The van der Waals surface area contributed by atoms with Crippen LogP contribution in [0.4, 0.5) is 0 Å². The molecule has 0 saturated carbocycles. The van der Waals surface area contributed by atoms with Gasteiger partial charge in [-0.1, -0.05) is 60.7 Å². The Balaban J connectivity index is 1.41. The van der Waals surface area contributed by atoms with Crippen LogP contribution in [-0.4, -0.2) is 10.9 Å². The number of benzene rings is 3. The second-order valence-corrected chi connectivity index (χ2v) is 6.46. The zero-order chi connectivity index (χ0) is 19.9. The van der Waals surface area contributed by atoms with Crippen molar-refractivity contribution < 1.29 is 13.9 Å². The number of amides is 1. The summed E-state index contributed by atoms with van der Waals surface area (Å²) < 4.78 is 11.4. The van der Waals surface area contributed by atoms with E-state index in [0.717, 1.165) is 11.1 Å². The van der Waals surface area contributed by atoms with Crippen molar-refractivity contribution in [2.45, 2.75) is 13.2 Å². The van der Waals surface area contributed by atoms with Crippen LogP contribution in [0, 0.1) is 0 Å². The van der Waals surface area contributed by atoms with Gasteiger partial charge < -0.3 is 14.5 Å². The summed E-state index contributed by atoms with van der Waals surface area (Å²) >= 11 is 0. The molecule has 29 heavy (non-hydrogen) atoms.